The molecule has 2 saturated heterocycles. The molecule has 1 aromatic heterocycles. The molecule has 1 aromatic rings. The van der Waals surface area contributed by atoms with Crippen LogP contribution in [0.2, 0.25) is 0 Å². The molecule has 23 heavy (non-hydrogen) atoms. The number of hydrogen-bond donors (Lipinski definition) is 0. The van der Waals surface area contributed by atoms with Crippen molar-refractivity contribution >= 4 is 16.0 Å². The summed E-state index contributed by atoms with van der Waals surface area (Å²) in [5.74, 6) is 1.00. The van der Waals surface area contributed by atoms with Gasteiger partial charge in [-0.3, -0.25) is 0 Å². The van der Waals surface area contributed by atoms with E-state index in [1.165, 1.54) is 6.26 Å². The van der Waals surface area contributed by atoms with Crippen LogP contribution in [-0.2, 0) is 14.8 Å². The predicted molar refractivity (Wildman–Crippen MR) is 87.7 cm³/mol. The van der Waals surface area contributed by atoms with E-state index in [0.717, 1.165) is 31.9 Å². The first-order valence-electron chi connectivity index (χ1n) is 7.91. The second-order valence-corrected chi connectivity index (χ2v) is 8.59. The fraction of sp³-hybridized carbons (Fsp3) is 0.733. The van der Waals surface area contributed by atoms with Gasteiger partial charge in [-0.25, -0.2) is 22.7 Å². The van der Waals surface area contributed by atoms with Gasteiger partial charge in [0.15, 0.2) is 0 Å². The molecule has 3 rings (SSSR count). The fourth-order valence-corrected chi connectivity index (χ4v) is 4.78. The molecule has 0 amide bonds. The molecule has 0 aromatic carbocycles. The van der Waals surface area contributed by atoms with Crippen molar-refractivity contribution in [1.29, 1.82) is 0 Å². The number of sulfonamides is 1. The van der Waals surface area contributed by atoms with Crippen molar-refractivity contribution in [2.24, 2.45) is 11.3 Å². The summed E-state index contributed by atoms with van der Waals surface area (Å²) >= 11 is 0. The molecular formula is C15H24N4O3S. The van der Waals surface area contributed by atoms with Crippen LogP contribution in [0.3, 0.4) is 0 Å². The molecule has 1 atom stereocenters. The Kier molecular flexibility index (Phi) is 4.57. The summed E-state index contributed by atoms with van der Waals surface area (Å²) in [6.07, 6.45) is 6.67. The monoisotopic (exact) mass is 340 g/mol. The quantitative estimate of drug-likeness (QED) is 0.799. The average molecular weight is 340 g/mol. The highest BCUT2D eigenvalue weighted by molar-refractivity contribution is 7.88. The second-order valence-electron chi connectivity index (χ2n) is 6.61. The van der Waals surface area contributed by atoms with Crippen molar-refractivity contribution < 1.29 is 13.2 Å². The third-order valence-corrected chi connectivity index (χ3v) is 6.43. The molecule has 2 fully saturated rings. The Hall–Kier alpha value is -1.25. The van der Waals surface area contributed by atoms with Crippen LogP contribution in [0.4, 0.5) is 5.95 Å². The highest BCUT2D eigenvalue weighted by Crippen LogP contribution is 2.45. The molecule has 2 aliphatic rings. The highest BCUT2D eigenvalue weighted by atomic mass is 32.2. The molecule has 0 radical (unpaired) electrons. The van der Waals surface area contributed by atoms with Crippen LogP contribution in [0, 0.1) is 11.3 Å². The lowest BCUT2D eigenvalue weighted by Crippen LogP contribution is -2.46. The van der Waals surface area contributed by atoms with E-state index in [9.17, 15) is 8.42 Å². The molecule has 0 unspecified atom stereocenters. The number of anilines is 1. The summed E-state index contributed by atoms with van der Waals surface area (Å²) in [5, 5.41) is 0. The maximum absolute atomic E-state index is 11.9. The third-order valence-electron chi connectivity index (χ3n) is 5.21. The zero-order chi connectivity index (χ0) is 16.5. The molecule has 0 bridgehead atoms. The van der Waals surface area contributed by atoms with Gasteiger partial charge in [-0.15, -0.1) is 0 Å². The number of rotatable bonds is 4. The molecule has 8 heteroatoms. The average Bonchev–Trinajstić information content (AvgIpc) is 2.88. The lowest BCUT2D eigenvalue weighted by molar-refractivity contribution is 0.0762. The zero-order valence-corrected chi connectivity index (χ0v) is 14.5. The minimum atomic E-state index is -3.16. The fourth-order valence-electron chi connectivity index (χ4n) is 3.84. The topological polar surface area (TPSA) is 75.6 Å². The summed E-state index contributed by atoms with van der Waals surface area (Å²) in [7, 11) is -1.47. The van der Waals surface area contributed by atoms with Crippen LogP contribution in [-0.4, -0.2) is 68.8 Å². The molecule has 1 spiro atoms. The van der Waals surface area contributed by atoms with E-state index in [4.69, 9.17) is 4.74 Å². The van der Waals surface area contributed by atoms with Crippen molar-refractivity contribution in [1.82, 2.24) is 14.3 Å². The first-order valence-corrected chi connectivity index (χ1v) is 9.75. The maximum Gasteiger partial charge on any atom is 0.225 e. The lowest BCUT2D eigenvalue weighted by atomic mass is 9.71. The highest BCUT2D eigenvalue weighted by Gasteiger charge is 2.50. The number of nitrogens with zero attached hydrogens (tertiary/aromatic N) is 4. The number of ether oxygens (including phenoxy) is 1. The van der Waals surface area contributed by atoms with Gasteiger partial charge >= 0.3 is 0 Å². The maximum atomic E-state index is 11.9. The summed E-state index contributed by atoms with van der Waals surface area (Å²) in [6.45, 7) is 3.47. The van der Waals surface area contributed by atoms with Crippen LogP contribution >= 0.6 is 0 Å². The first kappa shape index (κ1) is 16.6. The van der Waals surface area contributed by atoms with E-state index in [0.29, 0.717) is 19.7 Å². The van der Waals surface area contributed by atoms with Crippen molar-refractivity contribution in [3.05, 3.63) is 18.5 Å². The standard InChI is InChI=1S/C15H24N4O3S/c1-22-11-13-10-19(23(2,20)21)12-15(13)4-8-18(9-5-15)14-16-6-3-7-17-14/h3,6-7,13H,4-5,8-12H2,1-2H3/t13-/m1/s1. The van der Waals surface area contributed by atoms with Gasteiger partial charge < -0.3 is 9.64 Å². The summed E-state index contributed by atoms with van der Waals surface area (Å²) in [6, 6.07) is 1.81. The molecular weight excluding hydrogens is 316 g/mol. The first-order chi connectivity index (χ1) is 10.9. The van der Waals surface area contributed by atoms with Gasteiger partial charge in [-0.2, -0.15) is 0 Å². The molecule has 128 valence electrons. The van der Waals surface area contributed by atoms with E-state index in [2.05, 4.69) is 14.9 Å². The van der Waals surface area contributed by atoms with Gasteiger partial charge in [-0.1, -0.05) is 0 Å². The molecule has 2 aliphatic heterocycles. The third kappa shape index (κ3) is 3.34. The van der Waals surface area contributed by atoms with Crippen LogP contribution < -0.4 is 4.90 Å². The Morgan fingerprint density at radius 3 is 2.52 bits per heavy atom. The Morgan fingerprint density at radius 1 is 1.30 bits per heavy atom. The molecule has 3 heterocycles. The van der Waals surface area contributed by atoms with Crippen LogP contribution in [0.25, 0.3) is 0 Å². The Labute approximate surface area is 137 Å². The van der Waals surface area contributed by atoms with Crippen LogP contribution in [0.5, 0.6) is 0 Å². The van der Waals surface area contributed by atoms with Crippen LogP contribution in [0.1, 0.15) is 12.8 Å². The number of methoxy groups -OCH3 is 1. The van der Waals surface area contributed by atoms with E-state index >= 15 is 0 Å². The number of piperidine rings is 1. The Morgan fingerprint density at radius 2 is 1.96 bits per heavy atom. The largest absolute Gasteiger partial charge is 0.384 e. The number of aromatic nitrogens is 2. The smallest absolute Gasteiger partial charge is 0.225 e. The van der Waals surface area contributed by atoms with E-state index in [1.807, 2.05) is 6.07 Å². The Bertz CT molecular complexity index is 629. The van der Waals surface area contributed by atoms with E-state index in [1.54, 1.807) is 23.8 Å². The summed E-state index contributed by atoms with van der Waals surface area (Å²) in [5.41, 5.74) is 0.00434. The van der Waals surface area contributed by atoms with Crippen LogP contribution in [0.15, 0.2) is 18.5 Å². The van der Waals surface area contributed by atoms with Gasteiger partial charge in [0.1, 0.15) is 0 Å². The normalized spacial score (nSPS) is 25.1. The number of hydrogen-bond acceptors (Lipinski definition) is 6. The predicted octanol–water partition coefficient (Wildman–Crippen LogP) is 0.601. The minimum Gasteiger partial charge on any atom is -0.384 e. The van der Waals surface area contributed by atoms with E-state index in [-0.39, 0.29) is 11.3 Å². The summed E-state index contributed by atoms with van der Waals surface area (Å²) in [4.78, 5) is 10.8. The van der Waals surface area contributed by atoms with Gasteiger partial charge in [0.05, 0.1) is 12.9 Å². The SMILES string of the molecule is COC[C@H]1CN(S(C)(=O)=O)CC12CCN(c1ncccn1)CC2. The molecule has 0 saturated carbocycles. The van der Waals surface area contributed by atoms with Crippen molar-refractivity contribution in [2.45, 2.75) is 12.8 Å². The zero-order valence-electron chi connectivity index (χ0n) is 13.7. The van der Waals surface area contributed by atoms with E-state index < -0.39 is 10.0 Å². The van der Waals surface area contributed by atoms with Crippen molar-refractivity contribution in [2.75, 3.05) is 51.1 Å². The Balaban J connectivity index is 1.74. The van der Waals surface area contributed by atoms with Crippen molar-refractivity contribution in [3.8, 4) is 0 Å². The van der Waals surface area contributed by atoms with Gasteiger partial charge in [-0.05, 0) is 24.3 Å². The molecule has 0 N–H and O–H groups in total. The second kappa shape index (κ2) is 6.33. The summed E-state index contributed by atoms with van der Waals surface area (Å²) < 4.78 is 30.9. The molecule has 0 aliphatic carbocycles. The van der Waals surface area contributed by atoms with Gasteiger partial charge in [0.25, 0.3) is 0 Å². The van der Waals surface area contributed by atoms with Gasteiger partial charge in [0.2, 0.25) is 16.0 Å². The van der Waals surface area contributed by atoms with Gasteiger partial charge in [0, 0.05) is 51.6 Å². The van der Waals surface area contributed by atoms with Crippen molar-refractivity contribution in [3.63, 3.8) is 0 Å². The lowest BCUT2D eigenvalue weighted by Gasteiger charge is -2.42. The minimum absolute atomic E-state index is 0.00434. The molecule has 7 nitrogen and oxygen atoms in total.